The van der Waals surface area contributed by atoms with Crippen molar-refractivity contribution < 1.29 is 29.3 Å². The van der Waals surface area contributed by atoms with E-state index < -0.39 is 30.4 Å². The Bertz CT molecular complexity index is 437. The molecule has 118 valence electrons. The lowest BCUT2D eigenvalue weighted by atomic mass is 10.0. The smallest absolute Gasteiger partial charge is 0.333 e. The fraction of sp³-hybridized carbons (Fsp3) is 0.600. The van der Waals surface area contributed by atoms with Gasteiger partial charge >= 0.3 is 11.9 Å². The zero-order chi connectivity index (χ0) is 16.0. The lowest BCUT2D eigenvalue weighted by Gasteiger charge is -2.29. The zero-order valence-electron chi connectivity index (χ0n) is 12.5. The number of cyclic esters (lactones) is 1. The van der Waals surface area contributed by atoms with E-state index in [1.807, 2.05) is 0 Å². The topological polar surface area (TPSA) is 93.1 Å². The van der Waals surface area contributed by atoms with Crippen LogP contribution in [0.1, 0.15) is 33.6 Å². The maximum atomic E-state index is 11.8. The van der Waals surface area contributed by atoms with E-state index in [2.05, 4.69) is 0 Å². The Morgan fingerprint density at radius 1 is 1.48 bits per heavy atom. The van der Waals surface area contributed by atoms with E-state index in [1.165, 1.54) is 19.1 Å². The summed E-state index contributed by atoms with van der Waals surface area (Å²) in [5, 5.41) is 18.7. The Balaban J connectivity index is 2.75. The van der Waals surface area contributed by atoms with Crippen LogP contribution < -0.4 is 0 Å². The van der Waals surface area contributed by atoms with Crippen LogP contribution in [0.2, 0.25) is 0 Å². The molecular formula is C15H22O6. The maximum absolute atomic E-state index is 11.8. The number of hydrogen-bond donors (Lipinski definition) is 2. The molecule has 1 aliphatic rings. The number of carbonyl (C=O) groups is 2. The summed E-state index contributed by atoms with van der Waals surface area (Å²) in [5.74, 6) is -0.846. The van der Waals surface area contributed by atoms with Gasteiger partial charge in [0.2, 0.25) is 0 Å². The van der Waals surface area contributed by atoms with E-state index >= 15 is 0 Å². The molecule has 0 aromatic heterocycles. The fourth-order valence-corrected chi connectivity index (χ4v) is 1.73. The summed E-state index contributed by atoms with van der Waals surface area (Å²) in [6.07, 6.45) is 1.59. The number of rotatable bonds is 5. The Morgan fingerprint density at radius 3 is 2.71 bits per heavy atom. The number of hydrogen-bond acceptors (Lipinski definition) is 6. The zero-order valence-corrected chi connectivity index (χ0v) is 12.5. The van der Waals surface area contributed by atoms with Crippen molar-refractivity contribution in [2.45, 2.75) is 58.0 Å². The van der Waals surface area contributed by atoms with Gasteiger partial charge in [-0.25, -0.2) is 4.79 Å². The van der Waals surface area contributed by atoms with E-state index in [0.29, 0.717) is 12.0 Å². The van der Waals surface area contributed by atoms with Gasteiger partial charge in [0.05, 0.1) is 12.2 Å². The van der Waals surface area contributed by atoms with Gasteiger partial charge in [-0.15, -0.1) is 0 Å². The molecule has 0 aromatic carbocycles. The van der Waals surface area contributed by atoms with Crippen LogP contribution in [0.15, 0.2) is 23.8 Å². The van der Waals surface area contributed by atoms with Crippen LogP contribution in [0.3, 0.4) is 0 Å². The number of aliphatic hydroxyl groups is 2. The normalized spacial score (nSPS) is 26.3. The summed E-state index contributed by atoms with van der Waals surface area (Å²) in [6.45, 7) is 4.81. The van der Waals surface area contributed by atoms with E-state index in [-0.39, 0.29) is 12.4 Å². The molecule has 0 spiro atoms. The Labute approximate surface area is 124 Å². The highest BCUT2D eigenvalue weighted by molar-refractivity contribution is 5.87. The highest BCUT2D eigenvalue weighted by Crippen LogP contribution is 2.21. The number of allylic oxidation sites excluding steroid dienone is 1. The van der Waals surface area contributed by atoms with Crippen LogP contribution in [-0.2, 0) is 19.1 Å². The van der Waals surface area contributed by atoms with E-state index in [9.17, 15) is 19.8 Å². The van der Waals surface area contributed by atoms with Crippen molar-refractivity contribution in [1.29, 1.82) is 0 Å². The van der Waals surface area contributed by atoms with Gasteiger partial charge < -0.3 is 19.7 Å². The van der Waals surface area contributed by atoms with Crippen LogP contribution in [-0.4, -0.2) is 46.6 Å². The molecule has 0 saturated carbocycles. The molecular weight excluding hydrogens is 276 g/mol. The first-order chi connectivity index (χ1) is 9.85. The third-order valence-corrected chi connectivity index (χ3v) is 3.27. The van der Waals surface area contributed by atoms with Crippen molar-refractivity contribution in [3.63, 3.8) is 0 Å². The van der Waals surface area contributed by atoms with Crippen molar-refractivity contribution in [1.82, 2.24) is 0 Å². The lowest BCUT2D eigenvalue weighted by molar-refractivity contribution is -0.170. The summed E-state index contributed by atoms with van der Waals surface area (Å²) in [4.78, 5) is 23.1. The number of esters is 2. The summed E-state index contributed by atoms with van der Waals surface area (Å²) in [7, 11) is 0. The lowest BCUT2D eigenvalue weighted by Crippen LogP contribution is -2.39. The molecule has 1 saturated heterocycles. The molecule has 4 atom stereocenters. The third kappa shape index (κ3) is 5.32. The van der Waals surface area contributed by atoms with Crippen LogP contribution in [0.5, 0.6) is 0 Å². The molecule has 0 unspecified atom stereocenters. The molecule has 0 amide bonds. The number of ether oxygens (including phenoxy) is 2. The Morgan fingerprint density at radius 2 is 2.14 bits per heavy atom. The molecule has 6 nitrogen and oxygen atoms in total. The van der Waals surface area contributed by atoms with E-state index in [1.54, 1.807) is 19.9 Å². The van der Waals surface area contributed by atoms with Gasteiger partial charge in [-0.2, -0.15) is 0 Å². The SMILES string of the molecule is C/C=C(\C)C(=O)O[C@@H]1CCC(=O)O[C@@H]1/C=C/[C@@H](O)[C@H](C)O. The minimum atomic E-state index is -1.07. The van der Waals surface area contributed by atoms with Crippen molar-refractivity contribution in [2.75, 3.05) is 0 Å². The average molecular weight is 298 g/mol. The first-order valence-electron chi connectivity index (χ1n) is 6.93. The molecule has 0 aliphatic carbocycles. The van der Waals surface area contributed by atoms with Crippen LogP contribution in [0, 0.1) is 0 Å². The molecule has 6 heteroatoms. The predicted molar refractivity (Wildman–Crippen MR) is 75.3 cm³/mol. The predicted octanol–water partition coefficient (Wildman–Crippen LogP) is 0.868. The minimum absolute atomic E-state index is 0.177. The fourth-order valence-electron chi connectivity index (χ4n) is 1.73. The Hall–Kier alpha value is -1.66. The second-order valence-corrected chi connectivity index (χ2v) is 5.02. The molecule has 21 heavy (non-hydrogen) atoms. The third-order valence-electron chi connectivity index (χ3n) is 3.27. The highest BCUT2D eigenvalue weighted by Gasteiger charge is 2.32. The van der Waals surface area contributed by atoms with Crippen molar-refractivity contribution in [2.24, 2.45) is 0 Å². The monoisotopic (exact) mass is 298 g/mol. The van der Waals surface area contributed by atoms with E-state index in [4.69, 9.17) is 9.47 Å². The van der Waals surface area contributed by atoms with Crippen LogP contribution in [0.4, 0.5) is 0 Å². The second-order valence-electron chi connectivity index (χ2n) is 5.02. The highest BCUT2D eigenvalue weighted by atomic mass is 16.6. The molecule has 2 N–H and O–H groups in total. The van der Waals surface area contributed by atoms with Crippen molar-refractivity contribution >= 4 is 11.9 Å². The summed E-state index contributed by atoms with van der Waals surface area (Å²) < 4.78 is 10.4. The quantitative estimate of drug-likeness (QED) is 0.444. The molecule has 1 aliphatic heterocycles. The van der Waals surface area contributed by atoms with Gasteiger partial charge in [0.1, 0.15) is 6.10 Å². The number of aliphatic hydroxyl groups excluding tert-OH is 2. The summed E-state index contributed by atoms with van der Waals surface area (Å²) in [5.41, 5.74) is 0.471. The first-order valence-corrected chi connectivity index (χ1v) is 6.93. The van der Waals surface area contributed by atoms with Gasteiger partial charge in [0.15, 0.2) is 6.10 Å². The van der Waals surface area contributed by atoms with Gasteiger partial charge in [0.25, 0.3) is 0 Å². The second kappa shape index (κ2) is 7.95. The average Bonchev–Trinajstić information content (AvgIpc) is 2.45. The minimum Gasteiger partial charge on any atom is -0.455 e. The molecule has 1 fully saturated rings. The Kier molecular flexibility index (Phi) is 6.58. The molecule has 1 rings (SSSR count). The van der Waals surface area contributed by atoms with Gasteiger partial charge in [-0.3, -0.25) is 4.79 Å². The standard InChI is InChI=1S/C15H22O6/c1-4-9(2)15(19)21-13-7-8-14(18)20-12(13)6-5-11(17)10(3)16/h4-6,10-13,16-17H,7-8H2,1-3H3/b6-5+,9-4+/t10-,11+,12+,13+/m0/s1. The summed E-state index contributed by atoms with van der Waals surface area (Å²) >= 11 is 0. The van der Waals surface area contributed by atoms with Gasteiger partial charge in [-0.05, 0) is 33.3 Å². The van der Waals surface area contributed by atoms with Crippen LogP contribution >= 0.6 is 0 Å². The largest absolute Gasteiger partial charge is 0.455 e. The molecule has 1 heterocycles. The first kappa shape index (κ1) is 17.4. The molecule has 0 radical (unpaired) electrons. The van der Waals surface area contributed by atoms with E-state index in [0.717, 1.165) is 0 Å². The summed E-state index contributed by atoms with van der Waals surface area (Å²) in [6, 6.07) is 0. The van der Waals surface area contributed by atoms with Crippen molar-refractivity contribution in [3.8, 4) is 0 Å². The van der Waals surface area contributed by atoms with Crippen molar-refractivity contribution in [3.05, 3.63) is 23.8 Å². The van der Waals surface area contributed by atoms with Gasteiger partial charge in [0, 0.05) is 12.0 Å². The molecule has 0 aromatic rings. The maximum Gasteiger partial charge on any atom is 0.333 e. The van der Waals surface area contributed by atoms with Crippen LogP contribution in [0.25, 0.3) is 0 Å². The number of carbonyl (C=O) groups excluding carboxylic acids is 2. The molecule has 0 bridgehead atoms. The van der Waals surface area contributed by atoms with Gasteiger partial charge in [-0.1, -0.05) is 12.2 Å².